The zero-order valence-electron chi connectivity index (χ0n) is 14.0. The highest BCUT2D eigenvalue weighted by molar-refractivity contribution is 14.0. The van der Waals surface area contributed by atoms with Gasteiger partial charge in [0.25, 0.3) is 0 Å². The molecule has 1 fully saturated rings. The Morgan fingerprint density at radius 2 is 1.96 bits per heavy atom. The van der Waals surface area contributed by atoms with Gasteiger partial charge in [-0.1, -0.05) is 13.0 Å². The Morgan fingerprint density at radius 3 is 2.48 bits per heavy atom. The fourth-order valence-electron chi connectivity index (χ4n) is 2.31. The second-order valence-electron chi connectivity index (χ2n) is 6.15. The zero-order valence-corrected chi connectivity index (χ0v) is 16.4. The number of ether oxygens (including phenoxy) is 1. The Kier molecular flexibility index (Phi) is 7.91. The van der Waals surface area contributed by atoms with Gasteiger partial charge in [-0.25, -0.2) is 9.38 Å². The normalized spacial score (nSPS) is 16.6. The van der Waals surface area contributed by atoms with Crippen molar-refractivity contribution in [2.45, 2.75) is 26.6 Å². The quantitative estimate of drug-likeness (QED) is 0.297. The van der Waals surface area contributed by atoms with Crippen molar-refractivity contribution in [1.82, 2.24) is 10.6 Å². The van der Waals surface area contributed by atoms with Gasteiger partial charge < -0.3 is 15.4 Å². The van der Waals surface area contributed by atoms with Gasteiger partial charge in [-0.2, -0.15) is 13.2 Å². The smallest absolute Gasteiger partial charge is 0.380 e. The van der Waals surface area contributed by atoms with Gasteiger partial charge in [-0.15, -0.1) is 24.0 Å². The van der Waals surface area contributed by atoms with E-state index in [1.54, 1.807) is 0 Å². The molecule has 9 heteroatoms. The van der Waals surface area contributed by atoms with Gasteiger partial charge >= 0.3 is 6.18 Å². The molecule has 0 amide bonds. The molecule has 1 heterocycles. The van der Waals surface area contributed by atoms with E-state index in [1.165, 1.54) is 0 Å². The van der Waals surface area contributed by atoms with Gasteiger partial charge in [0, 0.05) is 18.5 Å². The molecule has 1 aliphatic heterocycles. The number of nitrogens with zero attached hydrogens (tertiary/aromatic N) is 1. The van der Waals surface area contributed by atoms with E-state index in [0.717, 1.165) is 12.1 Å². The van der Waals surface area contributed by atoms with Crippen molar-refractivity contribution < 1.29 is 22.3 Å². The average Bonchev–Trinajstić information content (AvgIpc) is 2.48. The fraction of sp³-hybridized carbons (Fsp3) is 0.562. The number of hydrogen-bond acceptors (Lipinski definition) is 2. The van der Waals surface area contributed by atoms with Crippen molar-refractivity contribution in [2.24, 2.45) is 10.4 Å². The van der Waals surface area contributed by atoms with Crippen molar-refractivity contribution in [3.8, 4) is 0 Å². The topological polar surface area (TPSA) is 45.7 Å². The third-order valence-electron chi connectivity index (χ3n) is 3.71. The molecule has 1 aliphatic rings. The van der Waals surface area contributed by atoms with Crippen molar-refractivity contribution in [3.05, 3.63) is 35.1 Å². The maximum Gasteiger partial charge on any atom is 0.416 e. The lowest BCUT2D eigenvalue weighted by molar-refractivity contribution is -0.138. The van der Waals surface area contributed by atoms with E-state index in [2.05, 4.69) is 22.5 Å². The molecule has 2 N–H and O–H groups in total. The van der Waals surface area contributed by atoms with Gasteiger partial charge in [-0.3, -0.25) is 0 Å². The second-order valence-corrected chi connectivity index (χ2v) is 6.15. The number of nitrogens with one attached hydrogen (secondary N) is 2. The van der Waals surface area contributed by atoms with E-state index in [1.807, 2.05) is 6.92 Å². The molecule has 1 saturated heterocycles. The largest absolute Gasteiger partial charge is 0.416 e. The number of hydrogen-bond donors (Lipinski definition) is 2. The van der Waals surface area contributed by atoms with Gasteiger partial charge in [0.2, 0.25) is 0 Å². The molecule has 0 unspecified atom stereocenters. The van der Waals surface area contributed by atoms with E-state index >= 15 is 0 Å². The number of guanidine groups is 1. The molecule has 2 rings (SSSR count). The van der Waals surface area contributed by atoms with Crippen LogP contribution in [0, 0.1) is 11.2 Å². The minimum absolute atomic E-state index is 0. The van der Waals surface area contributed by atoms with Crippen LogP contribution in [0.5, 0.6) is 0 Å². The van der Waals surface area contributed by atoms with E-state index in [0.29, 0.717) is 38.3 Å². The van der Waals surface area contributed by atoms with Crippen molar-refractivity contribution in [3.63, 3.8) is 0 Å². The maximum atomic E-state index is 13.1. The van der Waals surface area contributed by atoms with Crippen LogP contribution in [0.15, 0.2) is 23.2 Å². The lowest BCUT2D eigenvalue weighted by atomic mass is 9.89. The molecule has 4 nitrogen and oxygen atoms in total. The summed E-state index contributed by atoms with van der Waals surface area (Å²) in [4.78, 5) is 4.18. The van der Waals surface area contributed by atoms with Crippen LogP contribution >= 0.6 is 24.0 Å². The minimum atomic E-state index is -4.62. The van der Waals surface area contributed by atoms with Crippen LogP contribution in [0.4, 0.5) is 17.6 Å². The van der Waals surface area contributed by atoms with Crippen LogP contribution in [0.25, 0.3) is 0 Å². The first-order chi connectivity index (χ1) is 11.2. The Hall–Kier alpha value is -1.10. The highest BCUT2D eigenvalue weighted by Gasteiger charge is 2.34. The van der Waals surface area contributed by atoms with Crippen LogP contribution in [0.2, 0.25) is 0 Å². The first-order valence-corrected chi connectivity index (χ1v) is 7.69. The number of aliphatic imine (C=N–C) groups is 1. The third kappa shape index (κ3) is 6.28. The molecule has 0 saturated carbocycles. The predicted molar refractivity (Wildman–Crippen MR) is 98.6 cm³/mol. The lowest BCUT2D eigenvalue weighted by Gasteiger charge is -2.38. The molecule has 0 atom stereocenters. The maximum absolute atomic E-state index is 13.1. The van der Waals surface area contributed by atoms with Crippen molar-refractivity contribution in [1.29, 1.82) is 0 Å². The second kappa shape index (κ2) is 9.02. The fourth-order valence-corrected chi connectivity index (χ4v) is 2.31. The molecule has 0 bridgehead atoms. The first kappa shape index (κ1) is 21.9. The zero-order chi connectivity index (χ0) is 17.8. The van der Waals surface area contributed by atoms with Gasteiger partial charge in [0.1, 0.15) is 5.82 Å². The molecule has 0 aromatic heterocycles. The molecule has 1 aromatic rings. The molecule has 25 heavy (non-hydrogen) atoms. The molecule has 142 valence electrons. The highest BCUT2D eigenvalue weighted by atomic mass is 127. The lowest BCUT2D eigenvalue weighted by Crippen LogP contribution is -2.51. The molecular weight excluding hydrogens is 453 g/mol. The number of benzene rings is 1. The summed E-state index contributed by atoms with van der Waals surface area (Å²) in [6, 6.07) is 2.62. The van der Waals surface area contributed by atoms with Crippen LogP contribution in [0.3, 0.4) is 0 Å². The Balaban J connectivity index is 0.00000312. The van der Waals surface area contributed by atoms with Crippen LogP contribution in [0.1, 0.15) is 25.0 Å². The Labute approximate surface area is 161 Å². The van der Waals surface area contributed by atoms with E-state index in [4.69, 9.17) is 4.74 Å². The summed E-state index contributed by atoms with van der Waals surface area (Å²) in [7, 11) is 0. The van der Waals surface area contributed by atoms with Gasteiger partial charge in [-0.05, 0) is 24.6 Å². The number of alkyl halides is 3. The molecular formula is C16H22F4IN3O. The molecule has 0 radical (unpaired) electrons. The third-order valence-corrected chi connectivity index (χ3v) is 3.71. The molecule has 0 aliphatic carbocycles. The van der Waals surface area contributed by atoms with Crippen molar-refractivity contribution in [2.75, 3.05) is 26.3 Å². The Bertz CT molecular complexity index is 604. The summed E-state index contributed by atoms with van der Waals surface area (Å²) in [6.45, 7) is 6.17. The average molecular weight is 475 g/mol. The minimum Gasteiger partial charge on any atom is -0.380 e. The van der Waals surface area contributed by atoms with E-state index in [-0.39, 0.29) is 41.5 Å². The van der Waals surface area contributed by atoms with Crippen LogP contribution in [-0.2, 0) is 17.5 Å². The summed E-state index contributed by atoms with van der Waals surface area (Å²) in [6.07, 6.45) is -4.62. The number of rotatable bonds is 5. The van der Waals surface area contributed by atoms with Gasteiger partial charge in [0.15, 0.2) is 5.96 Å². The van der Waals surface area contributed by atoms with Crippen molar-refractivity contribution >= 4 is 29.9 Å². The number of halogens is 5. The van der Waals surface area contributed by atoms with Crippen LogP contribution in [-0.4, -0.2) is 32.3 Å². The predicted octanol–water partition coefficient (Wildman–Crippen LogP) is 3.55. The SMILES string of the molecule is CCNC(=NCc1ccc(F)cc1C(F)(F)F)NCC1(C)COC1.I. The molecule has 0 spiro atoms. The first-order valence-electron chi connectivity index (χ1n) is 7.69. The van der Waals surface area contributed by atoms with Crippen LogP contribution < -0.4 is 10.6 Å². The standard InChI is InChI=1S/C16H21F4N3O.HI/c1-3-21-14(23-8-15(2)9-24-10-15)22-7-11-4-5-12(17)6-13(11)16(18,19)20;/h4-6H,3,7-10H2,1-2H3,(H2,21,22,23);1H. The summed E-state index contributed by atoms with van der Waals surface area (Å²) < 4.78 is 57.3. The summed E-state index contributed by atoms with van der Waals surface area (Å²) in [5, 5.41) is 6.09. The molecule has 1 aromatic carbocycles. The highest BCUT2D eigenvalue weighted by Crippen LogP contribution is 2.32. The summed E-state index contributed by atoms with van der Waals surface area (Å²) in [5.41, 5.74) is -1.07. The van der Waals surface area contributed by atoms with Gasteiger partial charge in [0.05, 0.1) is 25.3 Å². The van der Waals surface area contributed by atoms with E-state index < -0.39 is 17.6 Å². The summed E-state index contributed by atoms with van der Waals surface area (Å²) in [5.74, 6) is -0.499. The monoisotopic (exact) mass is 475 g/mol. The Morgan fingerprint density at radius 1 is 1.28 bits per heavy atom. The summed E-state index contributed by atoms with van der Waals surface area (Å²) >= 11 is 0. The van der Waals surface area contributed by atoms with E-state index in [9.17, 15) is 17.6 Å².